The summed E-state index contributed by atoms with van der Waals surface area (Å²) in [6, 6.07) is 18.9. The molecule has 30 heavy (non-hydrogen) atoms. The van der Waals surface area contributed by atoms with Crippen LogP contribution < -0.4 is 10.7 Å². The van der Waals surface area contributed by atoms with Gasteiger partial charge in [-0.1, -0.05) is 29.8 Å². The van der Waals surface area contributed by atoms with Crippen molar-refractivity contribution in [1.29, 1.82) is 0 Å². The van der Waals surface area contributed by atoms with E-state index in [1.165, 1.54) is 23.1 Å². The van der Waals surface area contributed by atoms with E-state index in [-0.39, 0.29) is 5.91 Å². The zero-order chi connectivity index (χ0) is 20.9. The van der Waals surface area contributed by atoms with Crippen molar-refractivity contribution in [3.8, 4) is 11.3 Å². The third-order valence-corrected chi connectivity index (χ3v) is 5.39. The number of amides is 1. The van der Waals surface area contributed by atoms with E-state index in [0.717, 1.165) is 22.1 Å². The molecule has 0 radical (unpaired) electrons. The molecule has 1 amide bonds. The number of benzene rings is 2. The predicted octanol–water partition coefficient (Wildman–Crippen LogP) is 5.98. The number of hydrogen-bond acceptors (Lipinski definition) is 6. The van der Waals surface area contributed by atoms with Crippen LogP contribution in [0.25, 0.3) is 11.3 Å². The van der Waals surface area contributed by atoms with Crippen molar-refractivity contribution in [3.05, 3.63) is 87.6 Å². The Kier molecular flexibility index (Phi) is 6.06. The molecule has 2 N–H and O–H groups in total. The molecule has 0 aliphatic carbocycles. The summed E-state index contributed by atoms with van der Waals surface area (Å²) >= 11 is 4.74. The molecule has 0 bridgehead atoms. The maximum Gasteiger partial charge on any atom is 0.271 e. The maximum absolute atomic E-state index is 12.2. The van der Waals surface area contributed by atoms with Crippen molar-refractivity contribution in [2.75, 3.05) is 5.32 Å². The van der Waals surface area contributed by atoms with Crippen LogP contribution in [0.1, 0.15) is 21.7 Å². The maximum atomic E-state index is 12.2. The van der Waals surface area contributed by atoms with Gasteiger partial charge in [0.05, 0.1) is 11.9 Å². The number of aryl methyl sites for hydroxylation is 1. The fourth-order valence-corrected chi connectivity index (χ4v) is 3.69. The average Bonchev–Trinajstić information content (AvgIpc) is 3.39. The number of anilines is 2. The molecule has 4 aromatic rings. The molecule has 0 unspecified atom stereocenters. The summed E-state index contributed by atoms with van der Waals surface area (Å²) in [6.07, 6.45) is 1.44. The van der Waals surface area contributed by atoms with E-state index in [1.54, 1.807) is 24.3 Å². The molecule has 2 aromatic carbocycles. The molecular weight excluding hydrogens is 464 g/mol. The first-order chi connectivity index (χ1) is 14.6. The SMILES string of the molecule is Cc1ccc(Nc2nc(-c3ccc(C(=O)N/N=C\c4ccc(Br)o4)cc3)cs2)cc1. The van der Waals surface area contributed by atoms with Crippen molar-refractivity contribution in [2.24, 2.45) is 5.10 Å². The number of carbonyl (C=O) groups excluding carboxylic acids is 1. The Balaban J connectivity index is 1.38. The summed E-state index contributed by atoms with van der Waals surface area (Å²) in [7, 11) is 0. The quantitative estimate of drug-likeness (QED) is 0.262. The molecule has 8 heteroatoms. The highest BCUT2D eigenvalue weighted by Crippen LogP contribution is 2.27. The molecule has 0 spiro atoms. The summed E-state index contributed by atoms with van der Waals surface area (Å²) < 4.78 is 5.89. The standard InChI is InChI=1S/C22H17BrN4O2S/c1-14-2-8-17(9-3-14)25-22-26-19(13-30-22)15-4-6-16(7-5-15)21(28)27-24-12-18-10-11-20(23)29-18/h2-13H,1H3,(H,25,26)(H,27,28)/b24-12-. The lowest BCUT2D eigenvalue weighted by Crippen LogP contribution is -2.17. The number of thiazole rings is 1. The van der Waals surface area contributed by atoms with Crippen LogP contribution in [0.5, 0.6) is 0 Å². The van der Waals surface area contributed by atoms with Gasteiger partial charge < -0.3 is 9.73 Å². The molecule has 0 aliphatic heterocycles. The molecule has 2 aromatic heterocycles. The second-order valence-corrected chi connectivity index (χ2v) is 8.09. The van der Waals surface area contributed by atoms with Crippen LogP contribution in [0, 0.1) is 6.92 Å². The van der Waals surface area contributed by atoms with Gasteiger partial charge in [-0.3, -0.25) is 4.79 Å². The number of hydrazone groups is 1. The summed E-state index contributed by atoms with van der Waals surface area (Å²) in [5, 5.41) is 10.0. The lowest BCUT2D eigenvalue weighted by Gasteiger charge is -2.03. The molecule has 0 saturated heterocycles. The monoisotopic (exact) mass is 480 g/mol. The van der Waals surface area contributed by atoms with Crippen LogP contribution in [0.3, 0.4) is 0 Å². The van der Waals surface area contributed by atoms with Gasteiger partial charge in [-0.25, -0.2) is 10.4 Å². The van der Waals surface area contributed by atoms with Crippen LogP contribution in [0.4, 0.5) is 10.8 Å². The van der Waals surface area contributed by atoms with Crippen LogP contribution in [0.15, 0.2) is 80.2 Å². The van der Waals surface area contributed by atoms with Gasteiger partial charge in [0, 0.05) is 22.2 Å². The van der Waals surface area contributed by atoms with Crippen LogP contribution in [0.2, 0.25) is 0 Å². The first-order valence-electron chi connectivity index (χ1n) is 9.05. The smallest absolute Gasteiger partial charge is 0.271 e. The number of rotatable bonds is 6. The van der Waals surface area contributed by atoms with Gasteiger partial charge in [-0.05, 0) is 59.3 Å². The number of furan rings is 1. The predicted molar refractivity (Wildman–Crippen MR) is 123 cm³/mol. The molecule has 0 atom stereocenters. The van der Waals surface area contributed by atoms with Gasteiger partial charge in [0.25, 0.3) is 5.91 Å². The number of nitrogens with zero attached hydrogens (tertiary/aromatic N) is 2. The highest BCUT2D eigenvalue weighted by molar-refractivity contribution is 9.10. The van der Waals surface area contributed by atoms with E-state index >= 15 is 0 Å². The zero-order valence-electron chi connectivity index (χ0n) is 15.9. The Morgan fingerprint density at radius 2 is 1.87 bits per heavy atom. The van der Waals surface area contributed by atoms with Gasteiger partial charge >= 0.3 is 0 Å². The number of nitrogens with one attached hydrogen (secondary N) is 2. The van der Waals surface area contributed by atoms with Crippen molar-refractivity contribution < 1.29 is 9.21 Å². The fraction of sp³-hybridized carbons (Fsp3) is 0.0455. The molecule has 150 valence electrons. The molecule has 0 saturated carbocycles. The zero-order valence-corrected chi connectivity index (χ0v) is 18.3. The lowest BCUT2D eigenvalue weighted by atomic mass is 10.1. The molecule has 6 nitrogen and oxygen atoms in total. The highest BCUT2D eigenvalue weighted by Gasteiger charge is 2.08. The minimum atomic E-state index is -0.302. The highest BCUT2D eigenvalue weighted by atomic mass is 79.9. The molecule has 4 rings (SSSR count). The van der Waals surface area contributed by atoms with Crippen LogP contribution >= 0.6 is 27.3 Å². The van der Waals surface area contributed by atoms with Crippen molar-refractivity contribution in [2.45, 2.75) is 6.92 Å². The first-order valence-corrected chi connectivity index (χ1v) is 10.7. The lowest BCUT2D eigenvalue weighted by molar-refractivity contribution is 0.0955. The Labute approximate surface area is 185 Å². The van der Waals surface area contributed by atoms with E-state index in [0.29, 0.717) is 16.0 Å². The Morgan fingerprint density at radius 1 is 1.10 bits per heavy atom. The molecule has 2 heterocycles. The van der Waals surface area contributed by atoms with Gasteiger partial charge in [0.2, 0.25) is 0 Å². The van der Waals surface area contributed by atoms with E-state index in [9.17, 15) is 4.79 Å². The summed E-state index contributed by atoms with van der Waals surface area (Å²) in [5.41, 5.74) is 6.98. The van der Waals surface area contributed by atoms with Gasteiger partial charge in [-0.2, -0.15) is 5.10 Å². The number of carbonyl (C=O) groups is 1. The fourth-order valence-electron chi connectivity index (χ4n) is 2.63. The molecule has 0 aliphatic rings. The summed E-state index contributed by atoms with van der Waals surface area (Å²) in [4.78, 5) is 16.9. The van der Waals surface area contributed by atoms with Crippen molar-refractivity contribution >= 4 is 50.2 Å². The van der Waals surface area contributed by atoms with E-state index in [1.807, 2.05) is 29.6 Å². The van der Waals surface area contributed by atoms with E-state index < -0.39 is 0 Å². The van der Waals surface area contributed by atoms with Gasteiger partial charge in [0.1, 0.15) is 5.76 Å². The van der Waals surface area contributed by atoms with E-state index in [2.05, 4.69) is 55.8 Å². The third kappa shape index (κ3) is 5.03. The summed E-state index contributed by atoms with van der Waals surface area (Å²) in [6.45, 7) is 2.06. The average molecular weight is 481 g/mol. The minimum Gasteiger partial charge on any atom is -0.448 e. The Morgan fingerprint density at radius 3 is 2.57 bits per heavy atom. The summed E-state index contributed by atoms with van der Waals surface area (Å²) in [5.74, 6) is 0.236. The van der Waals surface area contributed by atoms with Crippen molar-refractivity contribution in [3.63, 3.8) is 0 Å². The Hall–Kier alpha value is -3.23. The second kappa shape index (κ2) is 9.06. The number of aromatic nitrogens is 1. The van der Waals surface area contributed by atoms with Crippen LogP contribution in [-0.4, -0.2) is 17.1 Å². The van der Waals surface area contributed by atoms with Crippen LogP contribution in [-0.2, 0) is 0 Å². The third-order valence-electron chi connectivity index (χ3n) is 4.20. The molecule has 0 fully saturated rings. The van der Waals surface area contributed by atoms with E-state index in [4.69, 9.17) is 4.42 Å². The van der Waals surface area contributed by atoms with Crippen molar-refractivity contribution in [1.82, 2.24) is 10.4 Å². The Bertz CT molecular complexity index is 1180. The largest absolute Gasteiger partial charge is 0.448 e. The topological polar surface area (TPSA) is 79.5 Å². The molecular formula is C22H17BrN4O2S. The van der Waals surface area contributed by atoms with Gasteiger partial charge in [0.15, 0.2) is 9.80 Å². The normalized spacial score (nSPS) is 11.0. The van der Waals surface area contributed by atoms with Gasteiger partial charge in [-0.15, -0.1) is 11.3 Å². The number of halogens is 1. The second-order valence-electron chi connectivity index (χ2n) is 6.45. The number of hydrogen-bond donors (Lipinski definition) is 2. The first kappa shape index (κ1) is 20.1. The minimum absolute atomic E-state index is 0.302.